The predicted octanol–water partition coefficient (Wildman–Crippen LogP) is 0.982. The number of nitrogens with zero attached hydrogens (tertiary/aromatic N) is 2. The molecule has 0 aromatic carbocycles. The summed E-state index contributed by atoms with van der Waals surface area (Å²) in [5, 5.41) is 18.4. The van der Waals surface area contributed by atoms with E-state index in [4.69, 9.17) is 21.8 Å². The van der Waals surface area contributed by atoms with Crippen LogP contribution in [0.25, 0.3) is 0 Å². The van der Waals surface area contributed by atoms with Crippen molar-refractivity contribution in [1.82, 2.24) is 9.88 Å². The predicted molar refractivity (Wildman–Crippen MR) is 72.0 cm³/mol. The van der Waals surface area contributed by atoms with Gasteiger partial charge in [0, 0.05) is 19.3 Å². The highest BCUT2D eigenvalue weighted by atomic mass is 35.5. The first kappa shape index (κ1) is 15.2. The smallest absolute Gasteiger partial charge is 0.309 e. The summed E-state index contributed by atoms with van der Waals surface area (Å²) in [5.41, 5.74) is 0.289. The Hall–Kier alpha value is -2.15. The van der Waals surface area contributed by atoms with Gasteiger partial charge < -0.3 is 15.1 Å². The number of carboxylic acid groups (broad SMARTS) is 2. The zero-order valence-corrected chi connectivity index (χ0v) is 11.7. The lowest BCUT2D eigenvalue weighted by molar-refractivity contribution is -0.156. The monoisotopic (exact) mass is 312 g/mol. The molecule has 2 atom stereocenters. The van der Waals surface area contributed by atoms with Gasteiger partial charge in [-0.05, 0) is 18.6 Å². The Balaban J connectivity index is 2.15. The van der Waals surface area contributed by atoms with E-state index in [1.165, 1.54) is 23.2 Å². The molecule has 1 aliphatic heterocycles. The number of hydrogen-bond donors (Lipinski definition) is 2. The van der Waals surface area contributed by atoms with E-state index in [-0.39, 0.29) is 36.1 Å². The Kier molecular flexibility index (Phi) is 4.42. The number of pyridine rings is 1. The van der Waals surface area contributed by atoms with E-state index in [0.29, 0.717) is 0 Å². The summed E-state index contributed by atoms with van der Waals surface area (Å²) >= 11 is 5.64. The van der Waals surface area contributed by atoms with Gasteiger partial charge >= 0.3 is 11.9 Å². The molecule has 0 aliphatic carbocycles. The zero-order valence-electron chi connectivity index (χ0n) is 10.9. The fraction of sp³-hybridized carbons (Fsp3) is 0.385. The molecule has 2 unspecified atom stereocenters. The molecule has 8 heteroatoms. The van der Waals surface area contributed by atoms with Gasteiger partial charge in [0.25, 0.3) is 5.91 Å². The molecular weight excluding hydrogens is 300 g/mol. The minimum absolute atomic E-state index is 0.110. The number of carbonyl (C=O) groups excluding carboxylic acids is 1. The van der Waals surface area contributed by atoms with Crippen molar-refractivity contribution >= 4 is 29.4 Å². The fourth-order valence-corrected chi connectivity index (χ4v) is 2.48. The normalized spacial score (nSPS) is 21.9. The van der Waals surface area contributed by atoms with E-state index < -0.39 is 23.8 Å². The van der Waals surface area contributed by atoms with Gasteiger partial charge in [0.15, 0.2) is 0 Å². The van der Waals surface area contributed by atoms with Gasteiger partial charge in [-0.25, -0.2) is 4.98 Å². The summed E-state index contributed by atoms with van der Waals surface area (Å²) in [7, 11) is 0. The molecule has 0 radical (unpaired) electrons. The lowest BCUT2D eigenvalue weighted by atomic mass is 9.85. The molecule has 1 saturated heterocycles. The van der Waals surface area contributed by atoms with Gasteiger partial charge in [-0.3, -0.25) is 14.4 Å². The van der Waals surface area contributed by atoms with Gasteiger partial charge in [0.1, 0.15) is 5.15 Å². The van der Waals surface area contributed by atoms with Gasteiger partial charge in [-0.1, -0.05) is 11.6 Å². The molecule has 2 N–H and O–H groups in total. The first-order chi connectivity index (χ1) is 9.90. The van der Waals surface area contributed by atoms with E-state index in [2.05, 4.69) is 4.98 Å². The number of amides is 1. The highest BCUT2D eigenvalue weighted by Crippen LogP contribution is 2.25. The largest absolute Gasteiger partial charge is 0.481 e. The third-order valence-electron chi connectivity index (χ3n) is 3.51. The summed E-state index contributed by atoms with van der Waals surface area (Å²) in [6, 6.07) is 2.96. The van der Waals surface area contributed by atoms with Crippen LogP contribution in [0.3, 0.4) is 0 Å². The van der Waals surface area contributed by atoms with Crippen LogP contribution in [0, 0.1) is 11.8 Å². The van der Waals surface area contributed by atoms with Crippen LogP contribution in [0.15, 0.2) is 18.3 Å². The Morgan fingerprint density at radius 1 is 1.19 bits per heavy atom. The Bertz CT molecular complexity index is 574. The number of carboxylic acids is 2. The van der Waals surface area contributed by atoms with Crippen molar-refractivity contribution in [3.63, 3.8) is 0 Å². The van der Waals surface area contributed by atoms with E-state index >= 15 is 0 Å². The zero-order chi connectivity index (χ0) is 15.6. The quantitative estimate of drug-likeness (QED) is 0.806. The van der Waals surface area contributed by atoms with Crippen molar-refractivity contribution in [2.45, 2.75) is 6.42 Å². The fourth-order valence-electron chi connectivity index (χ4n) is 2.37. The number of rotatable bonds is 3. The Labute approximate surface area is 125 Å². The molecule has 21 heavy (non-hydrogen) atoms. The second-order valence-electron chi connectivity index (χ2n) is 4.80. The third-order valence-corrected chi connectivity index (χ3v) is 3.73. The van der Waals surface area contributed by atoms with Crippen LogP contribution >= 0.6 is 11.6 Å². The van der Waals surface area contributed by atoms with Crippen LogP contribution in [-0.4, -0.2) is 51.0 Å². The Morgan fingerprint density at radius 2 is 1.86 bits per heavy atom. The molecule has 0 bridgehead atoms. The average molecular weight is 313 g/mol. The van der Waals surface area contributed by atoms with Crippen LogP contribution in [-0.2, 0) is 9.59 Å². The number of carbonyl (C=O) groups is 3. The maximum atomic E-state index is 12.3. The van der Waals surface area contributed by atoms with Crippen LogP contribution < -0.4 is 0 Å². The van der Waals surface area contributed by atoms with Crippen molar-refractivity contribution in [3.8, 4) is 0 Å². The highest BCUT2D eigenvalue weighted by Gasteiger charge is 2.40. The van der Waals surface area contributed by atoms with E-state index in [9.17, 15) is 14.4 Å². The van der Waals surface area contributed by atoms with E-state index in [0.717, 1.165) is 0 Å². The summed E-state index contributed by atoms with van der Waals surface area (Å²) in [4.78, 5) is 39.6. The van der Waals surface area contributed by atoms with Gasteiger partial charge in [0.2, 0.25) is 0 Å². The molecule has 1 aliphatic rings. The molecule has 1 fully saturated rings. The maximum absolute atomic E-state index is 12.3. The molecule has 0 spiro atoms. The second kappa shape index (κ2) is 6.09. The molecule has 2 rings (SSSR count). The van der Waals surface area contributed by atoms with Crippen LogP contribution in [0.4, 0.5) is 0 Å². The second-order valence-corrected chi connectivity index (χ2v) is 5.19. The minimum Gasteiger partial charge on any atom is -0.481 e. The number of aliphatic carboxylic acids is 2. The number of likely N-dealkylation sites (tertiary alicyclic amines) is 1. The Morgan fingerprint density at radius 3 is 2.38 bits per heavy atom. The molecule has 0 saturated carbocycles. The first-order valence-electron chi connectivity index (χ1n) is 6.26. The van der Waals surface area contributed by atoms with E-state index in [1.807, 2.05) is 0 Å². The number of piperidine rings is 1. The molecular formula is C13H13ClN2O5. The summed E-state index contributed by atoms with van der Waals surface area (Å²) in [5.74, 6) is -4.83. The summed E-state index contributed by atoms with van der Waals surface area (Å²) < 4.78 is 0. The standard InChI is InChI=1S/C13H13ClN2O5/c14-10-2-1-7(5-15-10)11(17)16-4-3-8(12(18)19)9(6-16)13(20)21/h1-2,5,8-9H,3-4,6H2,(H,18,19)(H,20,21). The van der Waals surface area contributed by atoms with Crippen molar-refractivity contribution in [2.75, 3.05) is 13.1 Å². The van der Waals surface area contributed by atoms with Crippen molar-refractivity contribution in [3.05, 3.63) is 29.0 Å². The molecule has 1 aromatic heterocycles. The number of halogens is 1. The summed E-state index contributed by atoms with van der Waals surface area (Å²) in [6.45, 7) is 0.0654. The van der Waals surface area contributed by atoms with E-state index in [1.54, 1.807) is 0 Å². The van der Waals surface area contributed by atoms with Crippen LogP contribution in [0.5, 0.6) is 0 Å². The van der Waals surface area contributed by atoms with Crippen molar-refractivity contribution < 1.29 is 24.6 Å². The third kappa shape index (κ3) is 3.30. The molecule has 1 amide bonds. The van der Waals surface area contributed by atoms with Crippen LogP contribution in [0.1, 0.15) is 16.8 Å². The van der Waals surface area contributed by atoms with Crippen molar-refractivity contribution in [1.29, 1.82) is 0 Å². The maximum Gasteiger partial charge on any atom is 0.309 e. The molecule has 1 aromatic rings. The van der Waals surface area contributed by atoms with Gasteiger partial charge in [-0.15, -0.1) is 0 Å². The molecule has 112 valence electrons. The highest BCUT2D eigenvalue weighted by molar-refractivity contribution is 6.29. The lowest BCUT2D eigenvalue weighted by Gasteiger charge is -2.34. The SMILES string of the molecule is O=C(O)C1CCN(C(=O)c2ccc(Cl)nc2)CC1C(=O)O. The van der Waals surface area contributed by atoms with Crippen LogP contribution in [0.2, 0.25) is 5.15 Å². The summed E-state index contributed by atoms with van der Waals surface area (Å²) in [6.07, 6.45) is 1.42. The average Bonchev–Trinajstić information content (AvgIpc) is 2.46. The molecule has 7 nitrogen and oxygen atoms in total. The minimum atomic E-state index is -1.21. The van der Waals surface area contributed by atoms with Gasteiger partial charge in [-0.2, -0.15) is 0 Å². The number of hydrogen-bond acceptors (Lipinski definition) is 4. The number of aromatic nitrogens is 1. The van der Waals surface area contributed by atoms with Crippen molar-refractivity contribution in [2.24, 2.45) is 11.8 Å². The topological polar surface area (TPSA) is 108 Å². The van der Waals surface area contributed by atoms with Gasteiger partial charge in [0.05, 0.1) is 17.4 Å². The lowest BCUT2D eigenvalue weighted by Crippen LogP contribution is -2.48. The first-order valence-corrected chi connectivity index (χ1v) is 6.64. The molecule has 2 heterocycles.